The Balaban J connectivity index is 1.66. The lowest BCUT2D eigenvalue weighted by molar-refractivity contribution is 0.0545. The number of carbonyl (C=O) groups is 1. The molecule has 2 aliphatic heterocycles. The summed E-state index contributed by atoms with van der Waals surface area (Å²) in [6.45, 7) is 9.27. The molecule has 0 aromatic carbocycles. The number of hydrogen-bond acceptors (Lipinski definition) is 4. The van der Waals surface area contributed by atoms with Crippen molar-refractivity contribution in [3.63, 3.8) is 0 Å². The summed E-state index contributed by atoms with van der Waals surface area (Å²) >= 11 is 1.54. The van der Waals surface area contributed by atoms with Crippen molar-refractivity contribution >= 4 is 17.2 Å². The fourth-order valence-electron chi connectivity index (χ4n) is 2.92. The molecule has 0 bridgehead atoms. The van der Waals surface area contributed by atoms with Crippen LogP contribution in [0.3, 0.4) is 0 Å². The summed E-state index contributed by atoms with van der Waals surface area (Å²) in [7, 11) is 0. The van der Waals surface area contributed by atoms with E-state index >= 15 is 0 Å². The summed E-state index contributed by atoms with van der Waals surface area (Å²) in [6.07, 6.45) is 5.19. The molecule has 2 aliphatic rings. The molecular weight excluding hydrogens is 270 g/mol. The van der Waals surface area contributed by atoms with Gasteiger partial charge in [0.1, 0.15) is 4.88 Å². The minimum Gasteiger partial charge on any atom is -0.338 e. The molecule has 1 amide bonds. The van der Waals surface area contributed by atoms with Crippen LogP contribution in [0.25, 0.3) is 0 Å². The Bertz CT molecular complexity index is 503. The maximum atomic E-state index is 12.5. The number of likely N-dealkylation sites (tertiary alicyclic amines) is 1. The minimum atomic E-state index is 0.0189. The zero-order valence-electron chi connectivity index (χ0n) is 12.5. The number of carbonyl (C=O) groups excluding carboxylic acids is 1. The van der Waals surface area contributed by atoms with Crippen molar-refractivity contribution in [2.24, 2.45) is 0 Å². The molecule has 0 radical (unpaired) electrons. The summed E-state index contributed by atoms with van der Waals surface area (Å²) < 4.78 is 0. The van der Waals surface area contributed by atoms with Crippen LogP contribution in [-0.4, -0.2) is 41.0 Å². The number of thiazole rings is 1. The van der Waals surface area contributed by atoms with Gasteiger partial charge < -0.3 is 10.2 Å². The van der Waals surface area contributed by atoms with E-state index in [1.54, 1.807) is 17.5 Å². The molecule has 3 heterocycles. The zero-order chi connectivity index (χ0) is 14.4. The molecule has 1 spiro atoms. The van der Waals surface area contributed by atoms with E-state index in [-0.39, 0.29) is 11.3 Å². The fourth-order valence-corrected chi connectivity index (χ4v) is 3.86. The van der Waals surface area contributed by atoms with Crippen LogP contribution >= 0.6 is 11.3 Å². The topological polar surface area (TPSA) is 45.2 Å². The van der Waals surface area contributed by atoms with Gasteiger partial charge in [0.25, 0.3) is 5.91 Å². The average molecular weight is 293 g/mol. The molecule has 5 heteroatoms. The Morgan fingerprint density at radius 1 is 1.35 bits per heavy atom. The highest BCUT2D eigenvalue weighted by molar-refractivity contribution is 7.13. The highest BCUT2D eigenvalue weighted by Crippen LogP contribution is 2.32. The summed E-state index contributed by atoms with van der Waals surface area (Å²) in [5.41, 5.74) is 0.367. The van der Waals surface area contributed by atoms with Gasteiger partial charge in [0.05, 0.1) is 11.2 Å². The first-order valence-electron chi connectivity index (χ1n) is 7.40. The quantitative estimate of drug-likeness (QED) is 0.865. The van der Waals surface area contributed by atoms with Crippen LogP contribution in [0, 0.1) is 0 Å². The van der Waals surface area contributed by atoms with Crippen LogP contribution in [0.2, 0.25) is 0 Å². The first-order valence-corrected chi connectivity index (χ1v) is 8.22. The van der Waals surface area contributed by atoms with Gasteiger partial charge in [-0.3, -0.25) is 4.79 Å². The molecule has 20 heavy (non-hydrogen) atoms. The van der Waals surface area contributed by atoms with Gasteiger partial charge in [-0.25, -0.2) is 4.98 Å². The summed E-state index contributed by atoms with van der Waals surface area (Å²) in [4.78, 5) is 19.7. The number of nitrogens with one attached hydrogen (secondary N) is 1. The van der Waals surface area contributed by atoms with Crippen molar-refractivity contribution in [2.45, 2.75) is 51.0 Å². The average Bonchev–Trinajstić information content (AvgIpc) is 2.85. The number of aromatic nitrogens is 1. The van der Waals surface area contributed by atoms with Crippen molar-refractivity contribution in [1.82, 2.24) is 15.2 Å². The lowest BCUT2D eigenvalue weighted by Gasteiger charge is -2.48. The van der Waals surface area contributed by atoms with Gasteiger partial charge in [0.2, 0.25) is 0 Å². The van der Waals surface area contributed by atoms with Crippen molar-refractivity contribution in [2.75, 3.05) is 19.6 Å². The molecule has 0 aliphatic carbocycles. The Morgan fingerprint density at radius 2 is 2.00 bits per heavy atom. The first-order chi connectivity index (χ1) is 9.40. The number of hydrogen-bond donors (Lipinski definition) is 1. The van der Waals surface area contributed by atoms with Gasteiger partial charge in [0.15, 0.2) is 0 Å². The molecule has 0 saturated carbocycles. The predicted octanol–water partition coefficient (Wildman–Crippen LogP) is 2.41. The van der Waals surface area contributed by atoms with Gasteiger partial charge in [-0.2, -0.15) is 0 Å². The van der Waals surface area contributed by atoms with E-state index in [2.05, 4.69) is 31.1 Å². The summed E-state index contributed by atoms with van der Waals surface area (Å²) in [6, 6.07) is 0. The van der Waals surface area contributed by atoms with Crippen molar-refractivity contribution in [3.05, 3.63) is 16.1 Å². The van der Waals surface area contributed by atoms with Gasteiger partial charge in [-0.05, 0) is 25.8 Å². The molecule has 110 valence electrons. The second-order valence-corrected chi connectivity index (χ2v) is 8.06. The normalized spacial score (nSPS) is 21.9. The Kier molecular flexibility index (Phi) is 3.37. The van der Waals surface area contributed by atoms with Gasteiger partial charge in [0, 0.05) is 24.0 Å². The van der Waals surface area contributed by atoms with E-state index < -0.39 is 0 Å². The maximum absolute atomic E-state index is 12.5. The molecule has 1 aromatic rings. The molecule has 0 unspecified atom stereocenters. The molecule has 0 atom stereocenters. The van der Waals surface area contributed by atoms with E-state index in [4.69, 9.17) is 0 Å². The number of nitrogens with zero attached hydrogens (tertiary/aromatic N) is 2. The monoisotopic (exact) mass is 293 g/mol. The second kappa shape index (κ2) is 4.81. The summed E-state index contributed by atoms with van der Waals surface area (Å²) in [5, 5.41) is 4.57. The van der Waals surface area contributed by atoms with Crippen LogP contribution in [-0.2, 0) is 5.41 Å². The van der Waals surface area contributed by atoms with Crippen molar-refractivity contribution in [3.8, 4) is 0 Å². The van der Waals surface area contributed by atoms with Crippen molar-refractivity contribution < 1.29 is 4.79 Å². The Morgan fingerprint density at radius 3 is 2.45 bits per heavy atom. The van der Waals surface area contributed by atoms with E-state index in [0.29, 0.717) is 5.54 Å². The minimum absolute atomic E-state index is 0.0189. The Hall–Kier alpha value is -0.940. The second-order valence-electron chi connectivity index (χ2n) is 7.03. The van der Waals surface area contributed by atoms with Gasteiger partial charge >= 0.3 is 0 Å². The van der Waals surface area contributed by atoms with E-state index in [0.717, 1.165) is 42.4 Å². The van der Waals surface area contributed by atoms with Crippen LogP contribution in [0.15, 0.2) is 6.20 Å². The van der Waals surface area contributed by atoms with E-state index in [1.807, 2.05) is 4.90 Å². The van der Waals surface area contributed by atoms with Crippen LogP contribution in [0.1, 0.15) is 54.7 Å². The lowest BCUT2D eigenvalue weighted by Crippen LogP contribution is -2.62. The lowest BCUT2D eigenvalue weighted by atomic mass is 9.79. The molecule has 1 N–H and O–H groups in total. The number of rotatable bonds is 1. The van der Waals surface area contributed by atoms with E-state index in [9.17, 15) is 4.79 Å². The van der Waals surface area contributed by atoms with Crippen LogP contribution in [0.4, 0.5) is 0 Å². The molecular formula is C15H23N3OS. The van der Waals surface area contributed by atoms with Crippen molar-refractivity contribution in [1.29, 1.82) is 0 Å². The number of piperidine rings is 1. The third kappa shape index (κ3) is 2.49. The molecule has 3 rings (SSSR count). The van der Waals surface area contributed by atoms with Gasteiger partial charge in [-0.15, -0.1) is 11.3 Å². The SMILES string of the molecule is CC(C)(C)c1ncc(C(=O)N2CCC3(CCN3)CC2)s1. The third-order valence-electron chi connectivity index (χ3n) is 4.47. The highest BCUT2D eigenvalue weighted by Gasteiger charge is 2.40. The van der Waals surface area contributed by atoms with E-state index in [1.165, 1.54) is 6.42 Å². The highest BCUT2D eigenvalue weighted by atomic mass is 32.1. The molecule has 4 nitrogen and oxygen atoms in total. The molecule has 1 aromatic heterocycles. The fraction of sp³-hybridized carbons (Fsp3) is 0.733. The molecule has 2 fully saturated rings. The number of amides is 1. The summed E-state index contributed by atoms with van der Waals surface area (Å²) in [5.74, 6) is 0.159. The molecule has 2 saturated heterocycles. The van der Waals surface area contributed by atoms with Crippen LogP contribution in [0.5, 0.6) is 0 Å². The maximum Gasteiger partial charge on any atom is 0.265 e. The Labute approximate surface area is 124 Å². The smallest absolute Gasteiger partial charge is 0.265 e. The third-order valence-corrected chi connectivity index (χ3v) is 5.88. The largest absolute Gasteiger partial charge is 0.338 e. The predicted molar refractivity (Wildman–Crippen MR) is 81.3 cm³/mol. The first kappa shape index (κ1) is 14.0. The zero-order valence-corrected chi connectivity index (χ0v) is 13.3. The standard InChI is InChI=1S/C15H23N3OS/c1-14(2,3)13-16-10-11(20-13)12(19)18-8-5-15(6-9-18)4-7-17-15/h10,17H,4-9H2,1-3H3. The van der Waals surface area contributed by atoms with Gasteiger partial charge in [-0.1, -0.05) is 20.8 Å². The van der Waals surface area contributed by atoms with Crippen LogP contribution < -0.4 is 5.32 Å².